The van der Waals surface area contributed by atoms with Crippen molar-refractivity contribution in [3.05, 3.63) is 12.2 Å². The summed E-state index contributed by atoms with van der Waals surface area (Å²) < 4.78 is 0. The molecule has 0 aliphatic carbocycles. The van der Waals surface area contributed by atoms with E-state index in [0.29, 0.717) is 0 Å². The van der Waals surface area contributed by atoms with E-state index in [-0.39, 0.29) is 6.03 Å². The number of hydrogen-bond donors (Lipinski definition) is 3. The number of allylic oxidation sites excluding steroid dienone is 2. The predicted molar refractivity (Wildman–Crippen MR) is 103 cm³/mol. The lowest BCUT2D eigenvalue weighted by Gasteiger charge is -2.06. The van der Waals surface area contributed by atoms with Gasteiger partial charge < -0.3 is 10.6 Å². The molecule has 0 bridgehead atoms. The summed E-state index contributed by atoms with van der Waals surface area (Å²) in [7, 11) is 0. The number of aromatic nitrogens is 4. The normalized spacial score (nSPS) is 11.1. The van der Waals surface area contributed by atoms with Crippen LogP contribution in [0.3, 0.4) is 0 Å². The Kier molecular flexibility index (Phi) is 13.7. The topological polar surface area (TPSA) is 95.6 Å². The summed E-state index contributed by atoms with van der Waals surface area (Å²) in [5.41, 5.74) is 0. The highest BCUT2D eigenvalue weighted by Crippen LogP contribution is 2.13. The van der Waals surface area contributed by atoms with Gasteiger partial charge in [0.25, 0.3) is 0 Å². The second kappa shape index (κ2) is 15.9. The summed E-state index contributed by atoms with van der Waals surface area (Å²) in [6, 6.07) is -0.0365. The second-order valence-corrected chi connectivity index (χ2v) is 6.99. The predicted octanol–water partition coefficient (Wildman–Crippen LogP) is 3.68. The van der Waals surface area contributed by atoms with E-state index < -0.39 is 0 Å². The maximum Gasteiger partial charge on any atom is 0.314 e. The zero-order valence-electron chi connectivity index (χ0n) is 15.3. The Labute approximate surface area is 155 Å². The molecule has 1 heterocycles. The van der Waals surface area contributed by atoms with Crippen LogP contribution in [0.1, 0.15) is 64.7 Å². The lowest BCUT2D eigenvalue weighted by molar-refractivity contribution is 0.240. The molecular weight excluding hydrogens is 336 g/mol. The summed E-state index contributed by atoms with van der Waals surface area (Å²) in [6.07, 6.45) is 14.6. The van der Waals surface area contributed by atoms with Crippen LogP contribution < -0.4 is 10.6 Å². The van der Waals surface area contributed by atoms with Gasteiger partial charge in [-0.2, -0.15) is 0 Å². The lowest BCUT2D eigenvalue weighted by atomic mass is 10.2. The Bertz CT molecular complexity index is 452. The molecule has 2 amide bonds. The van der Waals surface area contributed by atoms with E-state index in [0.717, 1.165) is 62.5 Å². The number of nitrogens with one attached hydrogen (secondary N) is 3. The molecule has 0 saturated carbocycles. The van der Waals surface area contributed by atoms with Crippen molar-refractivity contribution >= 4 is 17.8 Å². The smallest absolute Gasteiger partial charge is 0.314 e. The fraction of sp³-hybridized carbons (Fsp3) is 0.765. The molecule has 25 heavy (non-hydrogen) atoms. The highest BCUT2D eigenvalue weighted by Gasteiger charge is 1.98. The van der Waals surface area contributed by atoms with Gasteiger partial charge in [0, 0.05) is 18.8 Å². The molecule has 0 fully saturated rings. The van der Waals surface area contributed by atoms with Crippen molar-refractivity contribution in [1.82, 2.24) is 31.3 Å². The van der Waals surface area contributed by atoms with Gasteiger partial charge in [-0.05, 0) is 55.4 Å². The fourth-order valence-corrected chi connectivity index (χ4v) is 2.95. The molecule has 0 radical (unpaired) electrons. The SMILES string of the molecule is CCCCCNC(=O)NCCCC/C=C/CCCCSc1nnn[nH]1. The van der Waals surface area contributed by atoms with Gasteiger partial charge in [-0.3, -0.25) is 0 Å². The van der Waals surface area contributed by atoms with Gasteiger partial charge in [0.15, 0.2) is 0 Å². The van der Waals surface area contributed by atoms with Crippen LogP contribution in [0.5, 0.6) is 0 Å². The van der Waals surface area contributed by atoms with Crippen LogP contribution >= 0.6 is 11.8 Å². The van der Waals surface area contributed by atoms with E-state index in [1.54, 1.807) is 11.8 Å². The van der Waals surface area contributed by atoms with Crippen LogP contribution in [-0.4, -0.2) is 45.5 Å². The molecule has 0 aromatic carbocycles. The molecule has 0 unspecified atom stereocenters. The number of unbranched alkanes of at least 4 members (excludes halogenated alkanes) is 6. The van der Waals surface area contributed by atoms with E-state index in [1.165, 1.54) is 19.3 Å². The van der Waals surface area contributed by atoms with Crippen LogP contribution in [0.2, 0.25) is 0 Å². The van der Waals surface area contributed by atoms with Gasteiger partial charge >= 0.3 is 6.03 Å². The van der Waals surface area contributed by atoms with Gasteiger partial charge in [-0.15, -0.1) is 5.10 Å². The van der Waals surface area contributed by atoms with Gasteiger partial charge in [-0.25, -0.2) is 9.89 Å². The molecule has 142 valence electrons. The second-order valence-electron chi connectivity index (χ2n) is 5.91. The first kappa shape index (κ1) is 21.5. The monoisotopic (exact) mass is 368 g/mol. The quantitative estimate of drug-likeness (QED) is 0.249. The number of carbonyl (C=O) groups is 1. The van der Waals surface area contributed by atoms with Crippen molar-refractivity contribution in [2.75, 3.05) is 18.8 Å². The maximum absolute atomic E-state index is 11.5. The van der Waals surface area contributed by atoms with Crippen molar-refractivity contribution in [3.63, 3.8) is 0 Å². The largest absolute Gasteiger partial charge is 0.338 e. The Balaban J connectivity index is 1.79. The van der Waals surface area contributed by atoms with Gasteiger partial charge in [0.2, 0.25) is 5.16 Å². The van der Waals surface area contributed by atoms with Crippen molar-refractivity contribution < 1.29 is 4.79 Å². The van der Waals surface area contributed by atoms with Crippen LogP contribution in [0.15, 0.2) is 17.3 Å². The molecule has 0 atom stereocenters. The molecular formula is C17H32N6OS. The first-order valence-corrected chi connectivity index (χ1v) is 10.3. The number of H-pyrrole nitrogens is 1. The minimum absolute atomic E-state index is 0.0365. The van der Waals surface area contributed by atoms with Crippen LogP contribution in [0, 0.1) is 0 Å². The Morgan fingerprint density at radius 2 is 1.72 bits per heavy atom. The Morgan fingerprint density at radius 1 is 1.04 bits per heavy atom. The molecule has 7 nitrogen and oxygen atoms in total. The highest BCUT2D eigenvalue weighted by atomic mass is 32.2. The zero-order chi connectivity index (χ0) is 18.0. The van der Waals surface area contributed by atoms with Crippen molar-refractivity contribution in [2.45, 2.75) is 69.9 Å². The van der Waals surface area contributed by atoms with E-state index in [9.17, 15) is 4.79 Å². The minimum atomic E-state index is -0.0365. The van der Waals surface area contributed by atoms with Gasteiger partial charge in [0.1, 0.15) is 0 Å². The molecule has 8 heteroatoms. The maximum atomic E-state index is 11.5. The molecule has 0 aliphatic heterocycles. The van der Waals surface area contributed by atoms with Crippen LogP contribution in [0.4, 0.5) is 4.79 Å². The minimum Gasteiger partial charge on any atom is -0.338 e. The lowest BCUT2D eigenvalue weighted by Crippen LogP contribution is -2.36. The summed E-state index contributed by atoms with van der Waals surface area (Å²) in [5.74, 6) is 1.04. The average Bonchev–Trinajstić information content (AvgIpc) is 3.13. The summed E-state index contributed by atoms with van der Waals surface area (Å²) in [6.45, 7) is 3.68. The van der Waals surface area contributed by atoms with E-state index >= 15 is 0 Å². The number of amides is 2. The summed E-state index contributed by atoms with van der Waals surface area (Å²) >= 11 is 1.66. The summed E-state index contributed by atoms with van der Waals surface area (Å²) in [4.78, 5) is 11.5. The molecule has 3 N–H and O–H groups in total. The third-order valence-electron chi connectivity index (χ3n) is 3.65. The van der Waals surface area contributed by atoms with Crippen molar-refractivity contribution in [1.29, 1.82) is 0 Å². The molecule has 0 spiro atoms. The van der Waals surface area contributed by atoms with Crippen LogP contribution in [-0.2, 0) is 0 Å². The standard InChI is InChI=1S/C17H32N6OS/c1-2-3-10-13-18-16(24)19-14-11-8-6-4-5-7-9-12-15-25-17-20-22-23-21-17/h4-5H,2-3,6-15H2,1H3,(H2,18,19,24)(H,20,21,22,23)/b5-4+. The van der Waals surface area contributed by atoms with Gasteiger partial charge in [-0.1, -0.05) is 43.7 Å². The molecule has 0 saturated heterocycles. The van der Waals surface area contributed by atoms with Crippen molar-refractivity contribution in [3.8, 4) is 0 Å². The van der Waals surface area contributed by atoms with Crippen LogP contribution in [0.25, 0.3) is 0 Å². The zero-order valence-corrected chi connectivity index (χ0v) is 16.1. The molecule has 1 rings (SSSR count). The number of urea groups is 1. The first-order valence-electron chi connectivity index (χ1n) is 9.36. The first-order chi connectivity index (χ1) is 12.3. The number of aromatic amines is 1. The highest BCUT2D eigenvalue weighted by molar-refractivity contribution is 7.99. The fourth-order valence-electron chi connectivity index (χ4n) is 2.21. The Morgan fingerprint density at radius 3 is 2.36 bits per heavy atom. The number of rotatable bonds is 15. The third kappa shape index (κ3) is 13.4. The third-order valence-corrected chi connectivity index (χ3v) is 4.58. The number of carbonyl (C=O) groups excluding carboxylic acids is 1. The Hall–Kier alpha value is -1.57. The molecule has 1 aromatic rings. The number of tetrazole rings is 1. The molecule has 0 aliphatic rings. The molecule has 1 aromatic heterocycles. The average molecular weight is 369 g/mol. The number of thioether (sulfide) groups is 1. The van der Waals surface area contributed by atoms with E-state index in [1.807, 2.05) is 0 Å². The van der Waals surface area contributed by atoms with E-state index in [2.05, 4.69) is 50.3 Å². The number of hydrogen-bond acceptors (Lipinski definition) is 5. The van der Waals surface area contributed by atoms with Gasteiger partial charge in [0.05, 0.1) is 0 Å². The van der Waals surface area contributed by atoms with E-state index in [4.69, 9.17) is 0 Å². The number of nitrogens with zero attached hydrogens (tertiary/aromatic N) is 3. The van der Waals surface area contributed by atoms with Crippen molar-refractivity contribution in [2.24, 2.45) is 0 Å². The summed E-state index contributed by atoms with van der Waals surface area (Å²) in [5, 5.41) is 20.2.